The zero-order valence-corrected chi connectivity index (χ0v) is 28.6. The molecule has 4 aromatic carbocycles. The number of rotatable bonds is 23. The van der Waals surface area contributed by atoms with E-state index in [2.05, 4.69) is 36.4 Å². The molecule has 4 aromatic rings. The molecule has 0 heterocycles. The molecular weight excluding hydrogens is 609 g/mol. The molecule has 4 nitrogen and oxygen atoms in total. The number of thioether (sulfide) groups is 2. The van der Waals surface area contributed by atoms with Gasteiger partial charge in [-0.25, -0.2) is 0 Å². The molecule has 0 bridgehead atoms. The van der Waals surface area contributed by atoms with Gasteiger partial charge < -0.3 is 19.7 Å². The Labute approximate surface area is 285 Å². The van der Waals surface area contributed by atoms with E-state index in [0.717, 1.165) is 45.3 Å². The van der Waals surface area contributed by atoms with Crippen LogP contribution in [-0.4, -0.2) is 58.6 Å². The van der Waals surface area contributed by atoms with Crippen LogP contribution < -0.4 is 9.47 Å². The second-order valence-electron chi connectivity index (χ2n) is 11.6. The lowest BCUT2D eigenvalue weighted by Crippen LogP contribution is -2.20. The molecule has 0 aliphatic rings. The third-order valence-corrected chi connectivity index (χ3v) is 10.1. The molecule has 6 heteroatoms. The van der Waals surface area contributed by atoms with Crippen LogP contribution in [0, 0.1) is 0 Å². The van der Waals surface area contributed by atoms with Crippen LogP contribution in [-0.2, 0) is 0 Å². The standard InChI is InChI=1S/C40H50O4S2/c41-35(29-43-39-25-15-13-23-37(39)33-19-9-7-10-20-33)31-45-27-17-5-3-1-2-4-6-18-28-46-32-36(42)30-44-40-26-16-14-24-38(40)34-21-11-8-12-22-34/h7-16,19-26,35-36,41-42H,1-6,17-18,27-32H2. The van der Waals surface area contributed by atoms with Gasteiger partial charge in [-0.05, 0) is 47.6 Å². The number of hydrogen-bond acceptors (Lipinski definition) is 6. The molecular formula is C40H50O4S2. The van der Waals surface area contributed by atoms with Crippen LogP contribution in [0.2, 0.25) is 0 Å². The fourth-order valence-electron chi connectivity index (χ4n) is 5.27. The molecule has 2 N–H and O–H groups in total. The largest absolute Gasteiger partial charge is 0.490 e. The van der Waals surface area contributed by atoms with E-state index in [-0.39, 0.29) is 0 Å². The minimum absolute atomic E-state index is 0.314. The summed E-state index contributed by atoms with van der Waals surface area (Å²) in [5.41, 5.74) is 4.36. The zero-order chi connectivity index (χ0) is 32.1. The molecule has 0 fully saturated rings. The molecule has 0 aliphatic heterocycles. The van der Waals surface area contributed by atoms with Crippen molar-refractivity contribution in [2.75, 3.05) is 36.2 Å². The molecule has 2 unspecified atom stereocenters. The maximum absolute atomic E-state index is 10.4. The Morgan fingerprint density at radius 2 is 0.783 bits per heavy atom. The minimum atomic E-state index is -0.467. The quantitative estimate of drug-likeness (QED) is 0.0774. The summed E-state index contributed by atoms with van der Waals surface area (Å²) in [6.07, 6.45) is 9.17. The van der Waals surface area contributed by atoms with Crippen LogP contribution in [0.25, 0.3) is 22.3 Å². The molecule has 0 aliphatic carbocycles. The normalized spacial score (nSPS) is 12.5. The van der Waals surface area contributed by atoms with Crippen LogP contribution >= 0.6 is 23.5 Å². The van der Waals surface area contributed by atoms with Gasteiger partial charge in [0.25, 0.3) is 0 Å². The lowest BCUT2D eigenvalue weighted by Gasteiger charge is -2.15. The van der Waals surface area contributed by atoms with E-state index in [4.69, 9.17) is 9.47 Å². The Bertz CT molecular complexity index is 1250. The first-order chi connectivity index (χ1) is 22.7. The topological polar surface area (TPSA) is 58.9 Å². The Kier molecular flexibility index (Phi) is 17.0. The summed E-state index contributed by atoms with van der Waals surface area (Å²) >= 11 is 3.64. The third-order valence-electron chi connectivity index (χ3n) is 7.75. The summed E-state index contributed by atoms with van der Waals surface area (Å²) in [6.45, 7) is 0.628. The van der Waals surface area contributed by atoms with Gasteiger partial charge in [-0.2, -0.15) is 23.5 Å². The van der Waals surface area contributed by atoms with E-state index >= 15 is 0 Å². The van der Waals surface area contributed by atoms with Gasteiger partial charge in [0.15, 0.2) is 0 Å². The number of aliphatic hydroxyl groups is 2. The summed E-state index contributed by atoms with van der Waals surface area (Å²) < 4.78 is 12.0. The van der Waals surface area contributed by atoms with Gasteiger partial charge in [0, 0.05) is 22.6 Å². The highest BCUT2D eigenvalue weighted by Gasteiger charge is 2.11. The Morgan fingerprint density at radius 3 is 1.20 bits per heavy atom. The van der Waals surface area contributed by atoms with Crippen molar-refractivity contribution in [2.45, 2.75) is 63.6 Å². The summed E-state index contributed by atoms with van der Waals surface area (Å²) in [4.78, 5) is 0. The fourth-order valence-corrected chi connectivity index (χ4v) is 7.16. The van der Waals surface area contributed by atoms with Crippen LogP contribution in [0.5, 0.6) is 11.5 Å². The highest BCUT2D eigenvalue weighted by molar-refractivity contribution is 7.99. The smallest absolute Gasteiger partial charge is 0.127 e. The SMILES string of the molecule is OC(COc1ccccc1-c1ccccc1)CSCCCCCCCCCCSCC(O)COc1ccccc1-c1ccccc1. The van der Waals surface area contributed by atoms with E-state index in [0.29, 0.717) is 24.7 Å². The summed E-state index contributed by atoms with van der Waals surface area (Å²) in [6, 6.07) is 36.5. The first-order valence-corrected chi connectivity index (χ1v) is 19.1. The highest BCUT2D eigenvalue weighted by Crippen LogP contribution is 2.31. The van der Waals surface area contributed by atoms with Gasteiger partial charge >= 0.3 is 0 Å². The summed E-state index contributed by atoms with van der Waals surface area (Å²) in [5.74, 6) is 5.22. The van der Waals surface area contributed by atoms with Crippen LogP contribution in [0.1, 0.15) is 51.4 Å². The van der Waals surface area contributed by atoms with Crippen molar-refractivity contribution in [1.82, 2.24) is 0 Å². The molecule has 2 atom stereocenters. The van der Waals surface area contributed by atoms with E-state index in [1.165, 1.54) is 51.4 Å². The van der Waals surface area contributed by atoms with E-state index in [9.17, 15) is 10.2 Å². The number of unbranched alkanes of at least 4 members (excludes halogenated alkanes) is 7. The van der Waals surface area contributed by atoms with E-state index in [1.54, 1.807) is 0 Å². The molecule has 0 radical (unpaired) electrons. The molecule has 246 valence electrons. The third kappa shape index (κ3) is 13.4. The van der Waals surface area contributed by atoms with E-state index in [1.807, 2.05) is 96.3 Å². The number of aliphatic hydroxyl groups excluding tert-OH is 2. The van der Waals surface area contributed by atoms with Crippen molar-refractivity contribution in [2.24, 2.45) is 0 Å². The number of benzene rings is 4. The van der Waals surface area contributed by atoms with Crippen molar-refractivity contribution in [3.8, 4) is 33.8 Å². The van der Waals surface area contributed by atoms with Gasteiger partial charge in [0.05, 0.1) is 12.2 Å². The summed E-state index contributed by atoms with van der Waals surface area (Å²) in [7, 11) is 0. The molecule has 46 heavy (non-hydrogen) atoms. The molecule has 0 spiro atoms. The van der Waals surface area contributed by atoms with Crippen LogP contribution in [0.3, 0.4) is 0 Å². The van der Waals surface area contributed by atoms with Gasteiger partial charge in [-0.3, -0.25) is 0 Å². The minimum Gasteiger partial charge on any atom is -0.490 e. The van der Waals surface area contributed by atoms with Crippen molar-refractivity contribution >= 4 is 23.5 Å². The molecule has 4 rings (SSSR count). The van der Waals surface area contributed by atoms with Crippen molar-refractivity contribution in [3.05, 3.63) is 109 Å². The van der Waals surface area contributed by atoms with Gasteiger partial charge in [-0.15, -0.1) is 0 Å². The second-order valence-corrected chi connectivity index (χ2v) is 13.9. The molecule has 0 saturated carbocycles. The average molecular weight is 659 g/mol. The monoisotopic (exact) mass is 658 g/mol. The lowest BCUT2D eigenvalue weighted by atomic mass is 10.1. The predicted octanol–water partition coefficient (Wildman–Crippen LogP) is 9.79. The van der Waals surface area contributed by atoms with Crippen molar-refractivity contribution < 1.29 is 19.7 Å². The van der Waals surface area contributed by atoms with Gasteiger partial charge in [0.1, 0.15) is 24.7 Å². The second kappa shape index (κ2) is 21.8. The average Bonchev–Trinajstić information content (AvgIpc) is 3.11. The summed E-state index contributed by atoms with van der Waals surface area (Å²) in [5, 5.41) is 20.8. The first-order valence-electron chi connectivity index (χ1n) is 16.8. The van der Waals surface area contributed by atoms with E-state index < -0.39 is 12.2 Å². The fraction of sp³-hybridized carbons (Fsp3) is 0.400. The predicted molar refractivity (Wildman–Crippen MR) is 198 cm³/mol. The Hall–Kier alpha value is -2.90. The zero-order valence-electron chi connectivity index (χ0n) is 27.0. The lowest BCUT2D eigenvalue weighted by molar-refractivity contribution is 0.126. The van der Waals surface area contributed by atoms with Gasteiger partial charge in [-0.1, -0.05) is 136 Å². The Balaban J connectivity index is 0.932. The van der Waals surface area contributed by atoms with Crippen LogP contribution in [0.4, 0.5) is 0 Å². The maximum atomic E-state index is 10.4. The van der Waals surface area contributed by atoms with Gasteiger partial charge in [0.2, 0.25) is 0 Å². The Morgan fingerprint density at radius 1 is 0.435 bits per heavy atom. The molecule has 0 amide bonds. The first kappa shape index (κ1) is 35.9. The van der Waals surface area contributed by atoms with Crippen molar-refractivity contribution in [3.63, 3.8) is 0 Å². The molecule has 0 aromatic heterocycles. The molecule has 0 saturated heterocycles. The number of para-hydroxylation sites is 2. The van der Waals surface area contributed by atoms with Crippen LogP contribution in [0.15, 0.2) is 109 Å². The number of hydrogen-bond donors (Lipinski definition) is 2. The maximum Gasteiger partial charge on any atom is 0.127 e. The van der Waals surface area contributed by atoms with Crippen molar-refractivity contribution in [1.29, 1.82) is 0 Å². The number of ether oxygens (including phenoxy) is 2. The highest BCUT2D eigenvalue weighted by atomic mass is 32.2.